The molecule has 1 heterocycles. The molecule has 84 valence electrons. The molecule has 2 rings (SSSR count). The lowest BCUT2D eigenvalue weighted by molar-refractivity contribution is 0.317. The van der Waals surface area contributed by atoms with E-state index in [2.05, 4.69) is 16.9 Å². The first-order chi connectivity index (χ1) is 7.81. The fourth-order valence-electron chi connectivity index (χ4n) is 1.40. The molecule has 1 N–H and O–H groups in total. The first-order valence-corrected chi connectivity index (χ1v) is 5.61. The van der Waals surface area contributed by atoms with Crippen molar-refractivity contribution in [2.45, 2.75) is 13.3 Å². The summed E-state index contributed by atoms with van der Waals surface area (Å²) in [5, 5.41) is 0.613. The molecule has 0 bridgehead atoms. The number of hydrogen-bond acceptors (Lipinski definition) is 2. The standard InChI is InChI=1S/C12H13ClN2O/c1-2-7-16-11-4-3-9(8-10(11)13)12-14-5-6-15-12/h3-6,8H,2,7H2,1H3,(H,14,15). The molecule has 0 amide bonds. The van der Waals surface area contributed by atoms with Gasteiger partial charge in [0.05, 0.1) is 11.6 Å². The van der Waals surface area contributed by atoms with Gasteiger partial charge in [0.1, 0.15) is 11.6 Å². The zero-order valence-corrected chi connectivity index (χ0v) is 9.79. The topological polar surface area (TPSA) is 37.9 Å². The molecule has 2 aromatic rings. The van der Waals surface area contributed by atoms with Gasteiger partial charge in [-0.15, -0.1) is 0 Å². The Kier molecular flexibility index (Phi) is 3.47. The molecule has 0 atom stereocenters. The third-order valence-corrected chi connectivity index (χ3v) is 2.46. The van der Waals surface area contributed by atoms with Crippen LogP contribution in [0.2, 0.25) is 5.02 Å². The Hall–Kier alpha value is -1.48. The van der Waals surface area contributed by atoms with Crippen LogP contribution in [-0.4, -0.2) is 16.6 Å². The summed E-state index contributed by atoms with van der Waals surface area (Å²) in [7, 11) is 0. The van der Waals surface area contributed by atoms with Gasteiger partial charge in [-0.3, -0.25) is 0 Å². The Labute approximate surface area is 99.4 Å². The Morgan fingerprint density at radius 1 is 1.44 bits per heavy atom. The van der Waals surface area contributed by atoms with E-state index in [9.17, 15) is 0 Å². The van der Waals surface area contributed by atoms with Crippen LogP contribution in [0.1, 0.15) is 13.3 Å². The highest BCUT2D eigenvalue weighted by Crippen LogP contribution is 2.28. The molecule has 3 nitrogen and oxygen atoms in total. The van der Waals surface area contributed by atoms with Crippen LogP contribution in [0.15, 0.2) is 30.6 Å². The average Bonchev–Trinajstić information content (AvgIpc) is 2.81. The fourth-order valence-corrected chi connectivity index (χ4v) is 1.64. The summed E-state index contributed by atoms with van der Waals surface area (Å²) in [6.07, 6.45) is 4.46. The molecule has 0 spiro atoms. The number of imidazole rings is 1. The van der Waals surface area contributed by atoms with E-state index in [1.807, 2.05) is 18.2 Å². The van der Waals surface area contributed by atoms with Crippen molar-refractivity contribution in [2.75, 3.05) is 6.61 Å². The Morgan fingerprint density at radius 3 is 2.94 bits per heavy atom. The highest BCUT2D eigenvalue weighted by molar-refractivity contribution is 6.32. The predicted molar refractivity (Wildman–Crippen MR) is 64.8 cm³/mol. The molecule has 0 saturated carbocycles. The predicted octanol–water partition coefficient (Wildman–Crippen LogP) is 3.52. The van der Waals surface area contributed by atoms with E-state index in [1.165, 1.54) is 0 Å². The zero-order valence-electron chi connectivity index (χ0n) is 9.03. The van der Waals surface area contributed by atoms with E-state index in [4.69, 9.17) is 16.3 Å². The first kappa shape index (κ1) is 11.0. The molecule has 0 aliphatic carbocycles. The van der Waals surface area contributed by atoms with Gasteiger partial charge in [0.25, 0.3) is 0 Å². The van der Waals surface area contributed by atoms with Crippen molar-refractivity contribution in [1.29, 1.82) is 0 Å². The number of ether oxygens (including phenoxy) is 1. The van der Waals surface area contributed by atoms with Gasteiger partial charge >= 0.3 is 0 Å². The van der Waals surface area contributed by atoms with Crippen molar-refractivity contribution >= 4 is 11.6 Å². The van der Waals surface area contributed by atoms with Gasteiger partial charge in [0, 0.05) is 18.0 Å². The van der Waals surface area contributed by atoms with E-state index in [0.717, 1.165) is 23.6 Å². The van der Waals surface area contributed by atoms with Gasteiger partial charge in [0.15, 0.2) is 0 Å². The summed E-state index contributed by atoms with van der Waals surface area (Å²) < 4.78 is 5.50. The lowest BCUT2D eigenvalue weighted by Crippen LogP contribution is -1.95. The summed E-state index contributed by atoms with van der Waals surface area (Å²) in [6, 6.07) is 5.66. The van der Waals surface area contributed by atoms with E-state index < -0.39 is 0 Å². The zero-order chi connectivity index (χ0) is 11.4. The van der Waals surface area contributed by atoms with Gasteiger partial charge in [-0.25, -0.2) is 4.98 Å². The number of nitrogens with zero attached hydrogens (tertiary/aromatic N) is 1. The number of rotatable bonds is 4. The van der Waals surface area contributed by atoms with Crippen molar-refractivity contribution in [1.82, 2.24) is 9.97 Å². The largest absolute Gasteiger partial charge is 0.492 e. The molecule has 0 unspecified atom stereocenters. The van der Waals surface area contributed by atoms with Crippen LogP contribution in [0, 0.1) is 0 Å². The smallest absolute Gasteiger partial charge is 0.137 e. The molecule has 1 aromatic heterocycles. The van der Waals surface area contributed by atoms with Crippen molar-refractivity contribution < 1.29 is 4.74 Å². The van der Waals surface area contributed by atoms with Crippen molar-refractivity contribution in [3.05, 3.63) is 35.6 Å². The van der Waals surface area contributed by atoms with Crippen LogP contribution in [0.25, 0.3) is 11.4 Å². The SMILES string of the molecule is CCCOc1ccc(-c2ncc[nH]2)cc1Cl. The molecule has 4 heteroatoms. The van der Waals surface area contributed by atoms with Crippen LogP contribution in [-0.2, 0) is 0 Å². The number of halogens is 1. The van der Waals surface area contributed by atoms with E-state index >= 15 is 0 Å². The molecule has 0 fully saturated rings. The number of H-pyrrole nitrogens is 1. The van der Waals surface area contributed by atoms with Crippen molar-refractivity contribution in [2.24, 2.45) is 0 Å². The molecule has 1 aromatic carbocycles. The number of hydrogen-bond donors (Lipinski definition) is 1. The third-order valence-electron chi connectivity index (χ3n) is 2.17. The van der Waals surface area contributed by atoms with Crippen LogP contribution < -0.4 is 4.74 Å². The summed E-state index contributed by atoms with van der Waals surface area (Å²) in [5.74, 6) is 1.53. The van der Waals surface area contributed by atoms with Crippen LogP contribution in [0.4, 0.5) is 0 Å². The normalized spacial score (nSPS) is 10.4. The lowest BCUT2D eigenvalue weighted by Gasteiger charge is -2.07. The molecule has 0 aliphatic rings. The molecular formula is C12H13ClN2O. The second-order valence-electron chi connectivity index (χ2n) is 3.43. The second-order valence-corrected chi connectivity index (χ2v) is 3.84. The van der Waals surface area contributed by atoms with Gasteiger partial charge < -0.3 is 9.72 Å². The lowest BCUT2D eigenvalue weighted by atomic mass is 10.2. The minimum atomic E-state index is 0.613. The first-order valence-electron chi connectivity index (χ1n) is 5.23. The quantitative estimate of drug-likeness (QED) is 0.882. The van der Waals surface area contributed by atoms with Crippen molar-refractivity contribution in [3.8, 4) is 17.1 Å². The fraction of sp³-hybridized carbons (Fsp3) is 0.250. The Balaban J connectivity index is 2.23. The average molecular weight is 237 g/mol. The Morgan fingerprint density at radius 2 is 2.31 bits per heavy atom. The van der Waals surface area contributed by atoms with E-state index in [-0.39, 0.29) is 0 Å². The summed E-state index contributed by atoms with van der Waals surface area (Å²) in [4.78, 5) is 7.20. The van der Waals surface area contributed by atoms with Gasteiger partial charge in [-0.1, -0.05) is 18.5 Å². The van der Waals surface area contributed by atoms with Crippen molar-refractivity contribution in [3.63, 3.8) is 0 Å². The van der Waals surface area contributed by atoms with Crippen LogP contribution in [0.3, 0.4) is 0 Å². The number of nitrogens with one attached hydrogen (secondary N) is 1. The van der Waals surface area contributed by atoms with Gasteiger partial charge in [-0.2, -0.15) is 0 Å². The second kappa shape index (κ2) is 5.03. The number of aromatic amines is 1. The minimum absolute atomic E-state index is 0.613. The summed E-state index contributed by atoms with van der Waals surface area (Å²) in [5.41, 5.74) is 0.957. The maximum absolute atomic E-state index is 6.12. The summed E-state index contributed by atoms with van der Waals surface area (Å²) >= 11 is 6.12. The maximum atomic E-state index is 6.12. The van der Waals surface area contributed by atoms with E-state index in [1.54, 1.807) is 12.4 Å². The maximum Gasteiger partial charge on any atom is 0.137 e. The molecule has 0 aliphatic heterocycles. The molecule has 0 radical (unpaired) electrons. The molecule has 0 saturated heterocycles. The number of benzene rings is 1. The monoisotopic (exact) mass is 236 g/mol. The molecular weight excluding hydrogens is 224 g/mol. The van der Waals surface area contributed by atoms with E-state index in [0.29, 0.717) is 11.6 Å². The van der Waals surface area contributed by atoms with Gasteiger partial charge in [-0.05, 0) is 24.6 Å². The number of aromatic nitrogens is 2. The highest BCUT2D eigenvalue weighted by Gasteiger charge is 2.05. The minimum Gasteiger partial charge on any atom is -0.492 e. The highest BCUT2D eigenvalue weighted by atomic mass is 35.5. The van der Waals surface area contributed by atoms with Gasteiger partial charge in [0.2, 0.25) is 0 Å². The third kappa shape index (κ3) is 2.36. The van der Waals surface area contributed by atoms with Crippen LogP contribution in [0.5, 0.6) is 5.75 Å². The molecule has 16 heavy (non-hydrogen) atoms. The van der Waals surface area contributed by atoms with Crippen LogP contribution >= 0.6 is 11.6 Å². The Bertz CT molecular complexity index is 454. The summed E-state index contributed by atoms with van der Waals surface area (Å²) in [6.45, 7) is 2.74.